The number of benzene rings is 2. The van der Waals surface area contributed by atoms with Crippen molar-refractivity contribution in [1.82, 2.24) is 5.32 Å². The molecule has 0 unspecified atom stereocenters. The number of rotatable bonds is 5. The third-order valence-electron chi connectivity index (χ3n) is 3.10. The van der Waals surface area contributed by atoms with Gasteiger partial charge in [-0.25, -0.2) is 4.79 Å². The number of nitrogens with one attached hydrogen (secondary N) is 1. The van der Waals surface area contributed by atoms with Gasteiger partial charge in [0.05, 0.1) is 0 Å². The number of halogens is 1. The average molecular weight is 334 g/mol. The summed E-state index contributed by atoms with van der Waals surface area (Å²) in [6.45, 7) is 0.437. The Morgan fingerprint density at radius 3 is 2.35 bits per heavy atom. The topological polar surface area (TPSA) is 49.3 Å². The molecule has 4 heteroatoms. The van der Waals surface area contributed by atoms with Crippen LogP contribution in [0.3, 0.4) is 0 Å². The standard InChI is InChI=1S/C16H16BrNO2/c17-15-7-5-12(6-8-15)11-14-4-2-1-3-13(14)9-10-18-16(19)20/h1-8,18H,9-11H2,(H,19,20). The van der Waals surface area contributed by atoms with Crippen LogP contribution in [0, 0.1) is 0 Å². The molecule has 0 radical (unpaired) electrons. The lowest BCUT2D eigenvalue weighted by atomic mass is 9.98. The summed E-state index contributed by atoms with van der Waals surface area (Å²) in [6.07, 6.45) is 0.589. The molecule has 2 aromatic rings. The molecule has 0 aliphatic carbocycles. The number of carbonyl (C=O) groups is 1. The Bertz CT molecular complexity index is 581. The predicted octanol–water partition coefficient (Wildman–Crippen LogP) is 3.85. The highest BCUT2D eigenvalue weighted by Crippen LogP contribution is 2.17. The van der Waals surface area contributed by atoms with Gasteiger partial charge < -0.3 is 10.4 Å². The van der Waals surface area contributed by atoms with E-state index in [0.717, 1.165) is 10.9 Å². The van der Waals surface area contributed by atoms with Crippen molar-refractivity contribution in [3.8, 4) is 0 Å². The second kappa shape index (κ2) is 7.10. The summed E-state index contributed by atoms with van der Waals surface area (Å²) in [7, 11) is 0. The summed E-state index contributed by atoms with van der Waals surface area (Å²) in [5, 5.41) is 11.0. The molecule has 0 saturated heterocycles. The van der Waals surface area contributed by atoms with Crippen molar-refractivity contribution in [3.63, 3.8) is 0 Å². The zero-order valence-corrected chi connectivity index (χ0v) is 12.6. The third-order valence-corrected chi connectivity index (χ3v) is 3.63. The lowest BCUT2D eigenvalue weighted by Gasteiger charge is -2.10. The molecule has 0 aliphatic rings. The van der Waals surface area contributed by atoms with Crippen LogP contribution in [0.15, 0.2) is 53.0 Å². The number of hydrogen-bond acceptors (Lipinski definition) is 1. The van der Waals surface area contributed by atoms with E-state index in [9.17, 15) is 4.79 Å². The van der Waals surface area contributed by atoms with E-state index in [1.54, 1.807) is 0 Å². The molecule has 0 aromatic heterocycles. The van der Waals surface area contributed by atoms with E-state index in [4.69, 9.17) is 5.11 Å². The van der Waals surface area contributed by atoms with Gasteiger partial charge in [0, 0.05) is 11.0 Å². The average Bonchev–Trinajstić information content (AvgIpc) is 2.43. The molecule has 104 valence electrons. The second-order valence-corrected chi connectivity index (χ2v) is 5.47. The fourth-order valence-corrected chi connectivity index (χ4v) is 2.36. The third kappa shape index (κ3) is 4.38. The summed E-state index contributed by atoms with van der Waals surface area (Å²) in [5.41, 5.74) is 3.66. The fraction of sp³-hybridized carbons (Fsp3) is 0.188. The highest BCUT2D eigenvalue weighted by atomic mass is 79.9. The zero-order valence-electron chi connectivity index (χ0n) is 11.0. The van der Waals surface area contributed by atoms with Gasteiger partial charge in [0.25, 0.3) is 0 Å². The van der Waals surface area contributed by atoms with Crippen molar-refractivity contribution in [2.45, 2.75) is 12.8 Å². The minimum absolute atomic E-state index is 0.437. The fourth-order valence-electron chi connectivity index (χ4n) is 2.10. The maximum atomic E-state index is 10.5. The quantitative estimate of drug-likeness (QED) is 0.873. The second-order valence-electron chi connectivity index (χ2n) is 4.55. The first-order valence-electron chi connectivity index (χ1n) is 6.43. The highest BCUT2D eigenvalue weighted by molar-refractivity contribution is 9.10. The van der Waals surface area contributed by atoms with E-state index >= 15 is 0 Å². The van der Waals surface area contributed by atoms with Crippen LogP contribution in [0.4, 0.5) is 4.79 Å². The van der Waals surface area contributed by atoms with Crippen molar-refractivity contribution < 1.29 is 9.90 Å². The van der Waals surface area contributed by atoms with Crippen molar-refractivity contribution in [1.29, 1.82) is 0 Å². The molecule has 1 amide bonds. The van der Waals surface area contributed by atoms with Gasteiger partial charge in [-0.05, 0) is 41.7 Å². The van der Waals surface area contributed by atoms with Gasteiger partial charge in [0.2, 0.25) is 0 Å². The predicted molar refractivity (Wildman–Crippen MR) is 83.1 cm³/mol. The summed E-state index contributed by atoms with van der Waals surface area (Å²) in [6, 6.07) is 16.4. The Balaban J connectivity index is 2.07. The van der Waals surface area contributed by atoms with Gasteiger partial charge in [-0.3, -0.25) is 0 Å². The summed E-state index contributed by atoms with van der Waals surface area (Å²) in [5.74, 6) is 0. The minimum atomic E-state index is -0.976. The molecule has 0 fully saturated rings. The van der Waals surface area contributed by atoms with Crippen LogP contribution < -0.4 is 5.32 Å². The molecule has 0 bridgehead atoms. The summed E-state index contributed by atoms with van der Waals surface area (Å²) < 4.78 is 1.07. The van der Waals surface area contributed by atoms with Gasteiger partial charge in [0.15, 0.2) is 0 Å². The molecular weight excluding hydrogens is 318 g/mol. The van der Waals surface area contributed by atoms with Crippen LogP contribution in [-0.2, 0) is 12.8 Å². The Hall–Kier alpha value is -1.81. The first-order valence-corrected chi connectivity index (χ1v) is 7.22. The Morgan fingerprint density at radius 1 is 1.05 bits per heavy atom. The van der Waals surface area contributed by atoms with Crippen molar-refractivity contribution in [3.05, 3.63) is 69.7 Å². The van der Waals surface area contributed by atoms with Crippen LogP contribution in [-0.4, -0.2) is 17.7 Å². The first kappa shape index (κ1) is 14.6. The molecule has 2 rings (SSSR count). The molecule has 0 aliphatic heterocycles. The smallest absolute Gasteiger partial charge is 0.404 e. The maximum absolute atomic E-state index is 10.5. The summed E-state index contributed by atoms with van der Waals surface area (Å²) >= 11 is 3.43. The molecular formula is C16H16BrNO2. The first-order chi connectivity index (χ1) is 9.65. The number of carboxylic acid groups (broad SMARTS) is 1. The van der Waals surface area contributed by atoms with Crippen LogP contribution >= 0.6 is 15.9 Å². The lowest BCUT2D eigenvalue weighted by Crippen LogP contribution is -2.23. The van der Waals surface area contributed by atoms with E-state index in [1.165, 1.54) is 16.7 Å². The van der Waals surface area contributed by atoms with Gasteiger partial charge in [-0.1, -0.05) is 52.3 Å². The van der Waals surface area contributed by atoms with Crippen LogP contribution in [0.5, 0.6) is 0 Å². The van der Waals surface area contributed by atoms with Gasteiger partial charge in [0.1, 0.15) is 0 Å². The molecule has 0 atom stereocenters. The molecule has 2 N–H and O–H groups in total. The van der Waals surface area contributed by atoms with Crippen molar-refractivity contribution in [2.75, 3.05) is 6.54 Å². The van der Waals surface area contributed by atoms with Gasteiger partial charge in [-0.15, -0.1) is 0 Å². The Morgan fingerprint density at radius 2 is 1.70 bits per heavy atom. The summed E-state index contributed by atoms with van der Waals surface area (Å²) in [4.78, 5) is 10.5. The molecule has 0 heterocycles. The van der Waals surface area contributed by atoms with E-state index in [-0.39, 0.29) is 0 Å². The minimum Gasteiger partial charge on any atom is -0.465 e. The van der Waals surface area contributed by atoms with E-state index in [2.05, 4.69) is 45.5 Å². The zero-order chi connectivity index (χ0) is 14.4. The largest absolute Gasteiger partial charge is 0.465 e. The molecule has 3 nitrogen and oxygen atoms in total. The highest BCUT2D eigenvalue weighted by Gasteiger charge is 2.04. The van der Waals surface area contributed by atoms with Crippen molar-refractivity contribution in [2.24, 2.45) is 0 Å². The molecule has 20 heavy (non-hydrogen) atoms. The lowest BCUT2D eigenvalue weighted by molar-refractivity contribution is 0.194. The monoisotopic (exact) mass is 333 g/mol. The van der Waals surface area contributed by atoms with Crippen LogP contribution in [0.2, 0.25) is 0 Å². The Labute approximate surface area is 126 Å². The SMILES string of the molecule is O=C(O)NCCc1ccccc1Cc1ccc(Br)cc1. The van der Waals surface area contributed by atoms with Gasteiger partial charge in [-0.2, -0.15) is 0 Å². The van der Waals surface area contributed by atoms with Crippen molar-refractivity contribution >= 4 is 22.0 Å². The van der Waals surface area contributed by atoms with E-state index < -0.39 is 6.09 Å². The van der Waals surface area contributed by atoms with E-state index in [1.807, 2.05) is 24.3 Å². The number of amides is 1. The van der Waals surface area contributed by atoms with Gasteiger partial charge >= 0.3 is 6.09 Å². The molecule has 2 aromatic carbocycles. The number of hydrogen-bond donors (Lipinski definition) is 2. The van der Waals surface area contributed by atoms with E-state index in [0.29, 0.717) is 13.0 Å². The molecule has 0 spiro atoms. The Kier molecular flexibility index (Phi) is 5.18. The molecule has 0 saturated carbocycles. The van der Waals surface area contributed by atoms with Crippen LogP contribution in [0.25, 0.3) is 0 Å². The normalized spacial score (nSPS) is 10.2. The maximum Gasteiger partial charge on any atom is 0.404 e. The van der Waals surface area contributed by atoms with Crippen LogP contribution in [0.1, 0.15) is 16.7 Å².